The Kier molecular flexibility index (Phi) is 9.65. The van der Waals surface area contributed by atoms with Gasteiger partial charge < -0.3 is 19.0 Å². The molecule has 1 aliphatic rings. The second kappa shape index (κ2) is 13.9. The van der Waals surface area contributed by atoms with Gasteiger partial charge in [0.1, 0.15) is 17.3 Å². The van der Waals surface area contributed by atoms with E-state index in [0.29, 0.717) is 17.0 Å². The van der Waals surface area contributed by atoms with Gasteiger partial charge in [-0.2, -0.15) is 0 Å². The van der Waals surface area contributed by atoms with Crippen molar-refractivity contribution in [3.63, 3.8) is 0 Å². The summed E-state index contributed by atoms with van der Waals surface area (Å²) in [6.07, 6.45) is 5.40. The number of aromatic nitrogens is 2. The summed E-state index contributed by atoms with van der Waals surface area (Å²) in [5, 5.41) is 5.32. The third kappa shape index (κ3) is 6.72. The number of halogens is 1. The number of methoxy groups -OCH3 is 1. The number of nitrogens with zero attached hydrogens (tertiary/aromatic N) is 3. The zero-order valence-electron chi connectivity index (χ0n) is 28.2. The van der Waals surface area contributed by atoms with Gasteiger partial charge in [-0.25, -0.2) is 9.37 Å². The summed E-state index contributed by atoms with van der Waals surface area (Å²) in [7, 11) is -1.38. The second-order valence-electron chi connectivity index (χ2n) is 13.1. The highest BCUT2D eigenvalue weighted by Crippen LogP contribution is 2.38. The molecular weight excluding hydrogens is 652 g/mol. The van der Waals surface area contributed by atoms with Crippen molar-refractivity contribution in [3.8, 4) is 11.4 Å². The van der Waals surface area contributed by atoms with Crippen LogP contribution in [0.1, 0.15) is 43.6 Å². The van der Waals surface area contributed by atoms with E-state index < -0.39 is 14.4 Å². The zero-order valence-corrected chi connectivity index (χ0v) is 30.0. The molecule has 1 aromatic heterocycles. The van der Waals surface area contributed by atoms with Gasteiger partial charge in [-0.05, 0) is 76.0 Å². The number of carbonyl (C=O) groups excluding carboxylic acids is 1. The SMILES string of the molecule is COc1cc(/C=C2\NC(=S)N([C@H](CO[Si](c3ccccc3)(c3ccccc3)C(C)(C)C)c3ccc(F)cc3)C2=O)ccc1-n1cnc(C)c1. The van der Waals surface area contributed by atoms with E-state index >= 15 is 0 Å². The van der Waals surface area contributed by atoms with Crippen LogP contribution in [0, 0.1) is 12.7 Å². The summed E-state index contributed by atoms with van der Waals surface area (Å²) in [6, 6.07) is 31.8. The molecule has 0 radical (unpaired) electrons. The highest BCUT2D eigenvalue weighted by Gasteiger charge is 2.51. The predicted molar refractivity (Wildman–Crippen MR) is 198 cm³/mol. The van der Waals surface area contributed by atoms with Crippen molar-refractivity contribution in [2.75, 3.05) is 13.7 Å². The fourth-order valence-corrected chi connectivity index (χ4v) is 11.4. The van der Waals surface area contributed by atoms with Gasteiger partial charge in [0.25, 0.3) is 14.2 Å². The number of ether oxygens (including phenoxy) is 1. The molecule has 0 spiro atoms. The minimum atomic E-state index is -2.98. The maximum absolute atomic E-state index is 14.3. The van der Waals surface area contributed by atoms with E-state index in [0.717, 1.165) is 27.3 Å². The first-order valence-corrected chi connectivity index (χ1v) is 18.4. The Hall–Kier alpha value is -4.90. The van der Waals surface area contributed by atoms with Crippen LogP contribution in [-0.2, 0) is 9.22 Å². The number of amides is 1. The van der Waals surface area contributed by atoms with Crippen LogP contribution < -0.4 is 20.4 Å². The van der Waals surface area contributed by atoms with Crippen molar-refractivity contribution in [1.82, 2.24) is 19.8 Å². The topological polar surface area (TPSA) is 68.6 Å². The number of thiocarbonyl (C=S) groups is 1. The molecule has 6 rings (SSSR count). The largest absolute Gasteiger partial charge is 0.495 e. The fourth-order valence-electron chi connectivity index (χ4n) is 6.52. The molecule has 250 valence electrons. The Morgan fingerprint density at radius 2 is 1.59 bits per heavy atom. The number of imidazole rings is 1. The first-order valence-electron chi connectivity index (χ1n) is 16.1. The molecule has 1 atom stereocenters. The van der Waals surface area contributed by atoms with Crippen molar-refractivity contribution < 1.29 is 18.3 Å². The van der Waals surface area contributed by atoms with Crippen molar-refractivity contribution >= 4 is 48.0 Å². The van der Waals surface area contributed by atoms with Crippen LogP contribution in [0.25, 0.3) is 11.8 Å². The third-order valence-corrected chi connectivity index (χ3v) is 14.2. The maximum Gasteiger partial charge on any atom is 0.277 e. The summed E-state index contributed by atoms with van der Waals surface area (Å²) < 4.78 is 29.1. The number of benzene rings is 4. The van der Waals surface area contributed by atoms with Crippen molar-refractivity contribution in [2.45, 2.75) is 38.8 Å². The molecule has 0 unspecified atom stereocenters. The smallest absolute Gasteiger partial charge is 0.277 e. The summed E-state index contributed by atoms with van der Waals surface area (Å²) >= 11 is 5.82. The Morgan fingerprint density at radius 1 is 0.959 bits per heavy atom. The first kappa shape index (κ1) is 34.0. The Morgan fingerprint density at radius 3 is 2.14 bits per heavy atom. The van der Waals surface area contributed by atoms with Crippen LogP contribution in [0.4, 0.5) is 4.39 Å². The zero-order chi connectivity index (χ0) is 34.8. The van der Waals surface area contributed by atoms with Crippen LogP contribution in [0.5, 0.6) is 5.75 Å². The maximum atomic E-state index is 14.3. The molecule has 1 aliphatic heterocycles. The summed E-state index contributed by atoms with van der Waals surface area (Å²) in [5.74, 6) is -0.0501. The number of carbonyl (C=O) groups is 1. The number of hydrogen-bond acceptors (Lipinski definition) is 5. The van der Waals surface area contributed by atoms with E-state index in [2.05, 4.69) is 55.3 Å². The van der Waals surface area contributed by atoms with Gasteiger partial charge in [0.2, 0.25) is 0 Å². The minimum Gasteiger partial charge on any atom is -0.495 e. The predicted octanol–water partition coefficient (Wildman–Crippen LogP) is 6.70. The molecule has 0 saturated carbocycles. The number of hydrogen-bond donors (Lipinski definition) is 1. The molecule has 2 heterocycles. The average Bonchev–Trinajstić information content (AvgIpc) is 3.65. The third-order valence-electron chi connectivity index (χ3n) is 8.86. The van der Waals surface area contributed by atoms with E-state index in [1.165, 1.54) is 12.1 Å². The Labute approximate surface area is 293 Å². The van der Waals surface area contributed by atoms with Crippen LogP contribution in [-0.4, -0.2) is 47.5 Å². The minimum absolute atomic E-state index is 0.132. The lowest BCUT2D eigenvalue weighted by Gasteiger charge is -2.44. The van der Waals surface area contributed by atoms with Gasteiger partial charge in [-0.15, -0.1) is 0 Å². The molecule has 7 nitrogen and oxygen atoms in total. The second-order valence-corrected chi connectivity index (χ2v) is 17.8. The molecule has 4 aromatic carbocycles. The Bertz CT molecular complexity index is 1950. The molecule has 1 amide bonds. The molecular formula is C39H39FN4O3SSi. The van der Waals surface area contributed by atoms with Gasteiger partial charge in [-0.3, -0.25) is 9.69 Å². The number of aryl methyl sites for hydroxylation is 1. The van der Waals surface area contributed by atoms with E-state index in [9.17, 15) is 9.18 Å². The average molecular weight is 691 g/mol. The molecule has 0 aliphatic carbocycles. The fraction of sp³-hybridized carbons (Fsp3) is 0.205. The standard InChI is InChI=1S/C39H39FN4O3SSi/c1-27-24-43(26-41-27)34-21-16-28(23-36(34)46-5)22-33-37(45)44(38(48)42-33)35(29-17-19-30(40)20-18-29)25-47-49(39(2,3)4,31-12-8-6-9-13-31)32-14-10-7-11-15-32/h6-24,26,35H,25H2,1-5H3,(H,42,48)/b33-22-/t35-/m1/s1. The van der Waals surface area contributed by atoms with Gasteiger partial charge in [0.15, 0.2) is 5.11 Å². The van der Waals surface area contributed by atoms with E-state index in [4.69, 9.17) is 21.4 Å². The summed E-state index contributed by atoms with van der Waals surface area (Å²) in [5.41, 5.74) is 3.48. The summed E-state index contributed by atoms with van der Waals surface area (Å²) in [6.45, 7) is 8.66. The van der Waals surface area contributed by atoms with Crippen molar-refractivity contribution in [2.24, 2.45) is 0 Å². The molecule has 49 heavy (non-hydrogen) atoms. The molecule has 10 heteroatoms. The molecule has 0 bridgehead atoms. The summed E-state index contributed by atoms with van der Waals surface area (Å²) in [4.78, 5) is 20.1. The lowest BCUT2D eigenvalue weighted by molar-refractivity contribution is -0.124. The lowest BCUT2D eigenvalue weighted by Crippen LogP contribution is -2.67. The van der Waals surface area contributed by atoms with Gasteiger partial charge in [-0.1, -0.05) is 99.6 Å². The lowest BCUT2D eigenvalue weighted by atomic mass is 10.1. The first-order chi connectivity index (χ1) is 23.5. The molecule has 1 saturated heterocycles. The van der Waals surface area contributed by atoms with E-state index in [1.807, 2.05) is 72.3 Å². The number of rotatable bonds is 10. The highest BCUT2D eigenvalue weighted by atomic mass is 32.1. The van der Waals surface area contributed by atoms with E-state index in [-0.39, 0.29) is 28.5 Å². The van der Waals surface area contributed by atoms with Gasteiger partial charge in [0, 0.05) is 6.20 Å². The van der Waals surface area contributed by atoms with E-state index in [1.54, 1.807) is 36.5 Å². The molecule has 5 aromatic rings. The van der Waals surface area contributed by atoms with Crippen molar-refractivity contribution in [3.05, 3.63) is 144 Å². The molecule has 1 N–H and O–H groups in total. The monoisotopic (exact) mass is 690 g/mol. The quantitative estimate of drug-likeness (QED) is 0.1000. The Balaban J connectivity index is 1.38. The van der Waals surface area contributed by atoms with Crippen LogP contribution >= 0.6 is 12.2 Å². The molecule has 1 fully saturated rings. The van der Waals surface area contributed by atoms with Gasteiger partial charge in [0.05, 0.1) is 37.5 Å². The van der Waals surface area contributed by atoms with Crippen molar-refractivity contribution in [1.29, 1.82) is 0 Å². The van der Waals surface area contributed by atoms with Crippen LogP contribution in [0.2, 0.25) is 5.04 Å². The van der Waals surface area contributed by atoms with Gasteiger partial charge >= 0.3 is 0 Å². The van der Waals surface area contributed by atoms with Crippen LogP contribution in [0.15, 0.2) is 121 Å². The number of nitrogens with one attached hydrogen (secondary N) is 1. The normalized spacial score (nSPS) is 15.1. The highest BCUT2D eigenvalue weighted by molar-refractivity contribution is 7.80. The van der Waals surface area contributed by atoms with Crippen LogP contribution in [0.3, 0.4) is 0 Å².